The van der Waals surface area contributed by atoms with Crippen LogP contribution in [0.4, 0.5) is 0 Å². The first-order chi connectivity index (χ1) is 10.9. The van der Waals surface area contributed by atoms with Crippen molar-refractivity contribution >= 4 is 38.6 Å². The van der Waals surface area contributed by atoms with E-state index in [4.69, 9.17) is 0 Å². The largest absolute Gasteiger partial charge is 0.356 e. The van der Waals surface area contributed by atoms with Crippen LogP contribution in [0.1, 0.15) is 32.1 Å². The molecule has 3 rings (SSSR count). The normalized spacial score (nSPS) is 10.7. The lowest BCUT2D eigenvalue weighted by Gasteiger charge is -2.04. The maximum atomic E-state index is 12.2. The number of hydrogen-bond acceptors (Lipinski definition) is 2. The summed E-state index contributed by atoms with van der Waals surface area (Å²) in [4.78, 5) is 29.9. The van der Waals surface area contributed by atoms with E-state index < -0.39 is 11.8 Å². The number of hydrazine groups is 1. The summed E-state index contributed by atoms with van der Waals surface area (Å²) in [7, 11) is 0. The van der Waals surface area contributed by atoms with Crippen molar-refractivity contribution in [3.8, 4) is 0 Å². The summed E-state index contributed by atoms with van der Waals surface area (Å²) in [6.45, 7) is 4.00. The molecular formula is C16H15BrN4O2. The number of benzene rings is 1. The first kappa shape index (κ1) is 15.4. The van der Waals surface area contributed by atoms with Crippen LogP contribution >= 0.6 is 15.9 Å². The number of fused-ring (bicyclic) bond motifs is 1. The lowest BCUT2D eigenvalue weighted by atomic mass is 10.1. The number of H-pyrrole nitrogens is 2. The van der Waals surface area contributed by atoms with Gasteiger partial charge >= 0.3 is 0 Å². The molecule has 6 nitrogen and oxygen atoms in total. The number of halogens is 1. The molecule has 0 saturated carbocycles. The zero-order chi connectivity index (χ0) is 16.6. The minimum atomic E-state index is -0.424. The highest BCUT2D eigenvalue weighted by Crippen LogP contribution is 2.21. The molecule has 118 valence electrons. The predicted octanol–water partition coefficient (Wildman–Crippen LogP) is 2.95. The van der Waals surface area contributed by atoms with Crippen LogP contribution in [-0.4, -0.2) is 21.8 Å². The van der Waals surface area contributed by atoms with Crippen LogP contribution in [0.3, 0.4) is 0 Å². The van der Waals surface area contributed by atoms with Gasteiger partial charge in [-0.15, -0.1) is 0 Å². The van der Waals surface area contributed by atoms with Gasteiger partial charge in [-0.2, -0.15) is 0 Å². The molecule has 2 heterocycles. The van der Waals surface area contributed by atoms with Crippen molar-refractivity contribution in [1.82, 2.24) is 20.8 Å². The van der Waals surface area contributed by atoms with E-state index >= 15 is 0 Å². The maximum Gasteiger partial charge on any atom is 0.286 e. The van der Waals surface area contributed by atoms with E-state index in [9.17, 15) is 9.59 Å². The molecule has 4 N–H and O–H groups in total. The van der Waals surface area contributed by atoms with Crippen LogP contribution in [0, 0.1) is 13.8 Å². The second-order valence-electron chi connectivity index (χ2n) is 5.37. The highest BCUT2D eigenvalue weighted by atomic mass is 79.9. The Morgan fingerprint density at radius 1 is 1.00 bits per heavy atom. The molecule has 23 heavy (non-hydrogen) atoms. The van der Waals surface area contributed by atoms with E-state index in [0.717, 1.165) is 26.5 Å². The van der Waals surface area contributed by atoms with Gasteiger partial charge in [0, 0.05) is 21.6 Å². The molecule has 2 aromatic heterocycles. The number of carbonyl (C=O) groups is 2. The number of amides is 2. The van der Waals surface area contributed by atoms with Crippen LogP contribution in [-0.2, 0) is 0 Å². The first-order valence-corrected chi connectivity index (χ1v) is 7.78. The molecule has 3 aromatic rings. The predicted molar refractivity (Wildman–Crippen MR) is 91.2 cm³/mol. The Morgan fingerprint density at radius 3 is 2.35 bits per heavy atom. The van der Waals surface area contributed by atoms with E-state index in [-0.39, 0.29) is 0 Å². The quantitative estimate of drug-likeness (QED) is 0.519. The van der Waals surface area contributed by atoms with Gasteiger partial charge in [0.25, 0.3) is 11.8 Å². The van der Waals surface area contributed by atoms with Crippen molar-refractivity contribution in [1.29, 1.82) is 0 Å². The second-order valence-corrected chi connectivity index (χ2v) is 6.28. The smallest absolute Gasteiger partial charge is 0.286 e. The van der Waals surface area contributed by atoms with Crippen LogP contribution < -0.4 is 10.9 Å². The Bertz CT molecular complexity index is 910. The van der Waals surface area contributed by atoms with Crippen LogP contribution in [0.5, 0.6) is 0 Å². The molecule has 0 fully saturated rings. The molecule has 7 heteroatoms. The van der Waals surface area contributed by atoms with Gasteiger partial charge < -0.3 is 9.97 Å². The Labute approximate surface area is 140 Å². The third kappa shape index (κ3) is 3.14. The minimum Gasteiger partial charge on any atom is -0.356 e. The molecule has 0 saturated heterocycles. The molecule has 0 radical (unpaired) electrons. The van der Waals surface area contributed by atoms with Gasteiger partial charge in [-0.05, 0) is 59.1 Å². The minimum absolute atomic E-state index is 0.347. The van der Waals surface area contributed by atoms with Gasteiger partial charge in [0.1, 0.15) is 11.4 Å². The Hall–Kier alpha value is -2.54. The van der Waals surface area contributed by atoms with Crippen molar-refractivity contribution < 1.29 is 9.59 Å². The molecule has 2 amide bonds. The molecule has 0 aliphatic carbocycles. The summed E-state index contributed by atoms with van der Waals surface area (Å²) in [5.41, 5.74) is 8.61. The summed E-state index contributed by atoms with van der Waals surface area (Å²) < 4.78 is 0.760. The van der Waals surface area contributed by atoms with Gasteiger partial charge in [-0.25, -0.2) is 0 Å². The third-order valence-corrected chi connectivity index (χ3v) is 3.97. The van der Waals surface area contributed by atoms with Crippen molar-refractivity contribution in [3.05, 3.63) is 57.4 Å². The van der Waals surface area contributed by atoms with E-state index in [0.29, 0.717) is 11.4 Å². The summed E-state index contributed by atoms with van der Waals surface area (Å²) in [5.74, 6) is -0.829. The SMILES string of the molecule is Cc1cc(C)c2cc(C(=O)NNC(=O)c3cc(Br)c[nH]3)[nH]c2c1. The Kier molecular flexibility index (Phi) is 3.96. The molecule has 0 aliphatic rings. The lowest BCUT2D eigenvalue weighted by molar-refractivity contribution is 0.0842. The molecule has 0 bridgehead atoms. The van der Waals surface area contributed by atoms with E-state index in [2.05, 4.69) is 42.8 Å². The first-order valence-electron chi connectivity index (χ1n) is 6.98. The van der Waals surface area contributed by atoms with E-state index in [1.54, 1.807) is 18.3 Å². The Morgan fingerprint density at radius 2 is 1.70 bits per heavy atom. The maximum absolute atomic E-state index is 12.2. The van der Waals surface area contributed by atoms with Crippen molar-refractivity contribution in [3.63, 3.8) is 0 Å². The van der Waals surface area contributed by atoms with Crippen molar-refractivity contribution in [2.75, 3.05) is 0 Å². The average Bonchev–Trinajstić information content (AvgIpc) is 3.10. The summed E-state index contributed by atoms with van der Waals surface area (Å²) in [6.07, 6.45) is 1.64. The average molecular weight is 375 g/mol. The molecule has 0 aliphatic heterocycles. The number of carbonyl (C=O) groups excluding carboxylic acids is 2. The topological polar surface area (TPSA) is 89.8 Å². The fraction of sp³-hybridized carbons (Fsp3) is 0.125. The number of rotatable bonds is 2. The summed E-state index contributed by atoms with van der Waals surface area (Å²) in [6, 6.07) is 7.43. The zero-order valence-electron chi connectivity index (χ0n) is 12.6. The standard InChI is InChI=1S/C16H15BrN4O2/c1-8-3-9(2)11-6-14(19-12(11)4-8)16(23)21-20-15(22)13-5-10(17)7-18-13/h3-7,18-19H,1-2H3,(H,20,22)(H,21,23). The fourth-order valence-electron chi connectivity index (χ4n) is 2.47. The third-order valence-electron chi connectivity index (χ3n) is 3.52. The van der Waals surface area contributed by atoms with E-state index in [1.165, 1.54) is 0 Å². The summed E-state index contributed by atoms with van der Waals surface area (Å²) >= 11 is 3.25. The number of aryl methyl sites for hydroxylation is 2. The van der Waals surface area contributed by atoms with Gasteiger partial charge in [0.05, 0.1) is 0 Å². The zero-order valence-corrected chi connectivity index (χ0v) is 14.2. The van der Waals surface area contributed by atoms with Crippen LogP contribution in [0.25, 0.3) is 10.9 Å². The van der Waals surface area contributed by atoms with Crippen LogP contribution in [0.2, 0.25) is 0 Å². The summed E-state index contributed by atoms with van der Waals surface area (Å²) in [5, 5.41) is 0.986. The molecule has 0 spiro atoms. The Balaban J connectivity index is 1.73. The van der Waals surface area contributed by atoms with Gasteiger partial charge in [-0.3, -0.25) is 20.4 Å². The fourth-order valence-corrected chi connectivity index (χ4v) is 2.81. The number of aromatic amines is 2. The monoisotopic (exact) mass is 374 g/mol. The highest BCUT2D eigenvalue weighted by Gasteiger charge is 2.13. The van der Waals surface area contributed by atoms with Gasteiger partial charge in [0.2, 0.25) is 0 Å². The van der Waals surface area contributed by atoms with Crippen molar-refractivity contribution in [2.45, 2.75) is 13.8 Å². The molecule has 1 aromatic carbocycles. The second kappa shape index (κ2) is 5.92. The highest BCUT2D eigenvalue weighted by molar-refractivity contribution is 9.10. The molecule has 0 atom stereocenters. The van der Waals surface area contributed by atoms with Gasteiger partial charge in [0.15, 0.2) is 0 Å². The number of nitrogens with one attached hydrogen (secondary N) is 4. The number of aromatic nitrogens is 2. The van der Waals surface area contributed by atoms with Crippen LogP contribution in [0.15, 0.2) is 34.9 Å². The lowest BCUT2D eigenvalue weighted by Crippen LogP contribution is -2.41. The number of hydrogen-bond donors (Lipinski definition) is 4. The molecular weight excluding hydrogens is 360 g/mol. The van der Waals surface area contributed by atoms with E-state index in [1.807, 2.05) is 19.9 Å². The van der Waals surface area contributed by atoms with Crippen molar-refractivity contribution in [2.24, 2.45) is 0 Å². The molecule has 0 unspecified atom stereocenters. The van der Waals surface area contributed by atoms with Gasteiger partial charge in [-0.1, -0.05) is 6.07 Å².